The zero-order chi connectivity index (χ0) is 9.12. The van der Waals surface area contributed by atoms with Crippen LogP contribution in [0.5, 0.6) is 0 Å². The summed E-state index contributed by atoms with van der Waals surface area (Å²) >= 11 is 0. The summed E-state index contributed by atoms with van der Waals surface area (Å²) in [6.45, 7) is 1.65. The second-order valence-corrected chi connectivity index (χ2v) is 3.76. The van der Waals surface area contributed by atoms with Gasteiger partial charge in [0.05, 0.1) is 0 Å². The maximum Gasteiger partial charge on any atom is 0.370 e. The minimum Gasteiger partial charge on any atom is -0.344 e. The van der Waals surface area contributed by atoms with Crippen molar-refractivity contribution in [3.8, 4) is 0 Å². The van der Waals surface area contributed by atoms with Crippen LogP contribution in [-0.2, 0) is 10.1 Å². The molecule has 0 atom stereocenters. The van der Waals surface area contributed by atoms with Crippen LogP contribution in [-0.4, -0.2) is 18.2 Å². The zero-order valence-corrected chi connectivity index (χ0v) is 7.57. The van der Waals surface area contributed by atoms with Gasteiger partial charge in [-0.15, -0.1) is 0 Å². The molecule has 0 saturated carbocycles. The lowest BCUT2D eigenvalue weighted by molar-refractivity contribution is 0.0689. The van der Waals surface area contributed by atoms with Crippen LogP contribution >= 0.6 is 0 Å². The summed E-state index contributed by atoms with van der Waals surface area (Å²) in [5, 5.41) is -3.98. The van der Waals surface area contributed by atoms with Crippen LogP contribution in [0.25, 0.3) is 0 Å². The number of hydrogen-bond acceptors (Lipinski definition) is 3. The van der Waals surface area contributed by atoms with Crippen molar-refractivity contribution in [2.75, 3.05) is 0 Å². The third-order valence-electron chi connectivity index (χ3n) is 1.20. The van der Waals surface area contributed by atoms with Gasteiger partial charge in [-0.3, -0.25) is 4.55 Å². The van der Waals surface area contributed by atoms with E-state index in [1.165, 1.54) is 0 Å². The standard InChI is InChI=1S/C5H10F2O3S.H3N/c1-2-3-4-5(6,7)11(8,9)10;/h2-4H2,1H3,(H,8,9,10);1H3. The third kappa shape index (κ3) is 3.93. The van der Waals surface area contributed by atoms with E-state index >= 15 is 0 Å². The summed E-state index contributed by atoms with van der Waals surface area (Å²) in [5.41, 5.74) is 0. The van der Waals surface area contributed by atoms with Gasteiger partial charge in [0.2, 0.25) is 0 Å². The lowest BCUT2D eigenvalue weighted by atomic mass is 10.3. The Bertz CT molecular complexity index is 215. The Morgan fingerprint density at radius 3 is 2.08 bits per heavy atom. The highest BCUT2D eigenvalue weighted by atomic mass is 32.2. The van der Waals surface area contributed by atoms with Gasteiger partial charge < -0.3 is 6.15 Å². The fraction of sp³-hybridized carbons (Fsp3) is 1.00. The summed E-state index contributed by atoms with van der Waals surface area (Å²) in [6, 6.07) is 0. The van der Waals surface area contributed by atoms with Gasteiger partial charge in [-0.1, -0.05) is 13.3 Å². The average Bonchev–Trinajstić information content (AvgIpc) is 1.81. The smallest absolute Gasteiger partial charge is 0.344 e. The molecule has 0 aromatic rings. The van der Waals surface area contributed by atoms with E-state index in [0.717, 1.165) is 0 Å². The van der Waals surface area contributed by atoms with Crippen LogP contribution in [0.2, 0.25) is 0 Å². The quantitative estimate of drug-likeness (QED) is 0.685. The first-order chi connectivity index (χ1) is 4.81. The maximum absolute atomic E-state index is 12.3. The molecule has 7 heteroatoms. The van der Waals surface area contributed by atoms with Gasteiger partial charge in [-0.05, 0) is 6.42 Å². The van der Waals surface area contributed by atoms with Gasteiger partial charge in [-0.2, -0.15) is 17.2 Å². The second kappa shape index (κ2) is 4.68. The van der Waals surface area contributed by atoms with E-state index in [1.54, 1.807) is 6.92 Å². The number of rotatable bonds is 4. The van der Waals surface area contributed by atoms with Crippen molar-refractivity contribution in [1.82, 2.24) is 6.15 Å². The highest BCUT2D eigenvalue weighted by Crippen LogP contribution is 2.26. The summed E-state index contributed by atoms with van der Waals surface area (Å²) in [6.07, 6.45) is -0.278. The van der Waals surface area contributed by atoms with Crippen molar-refractivity contribution in [3.05, 3.63) is 0 Å². The fourth-order valence-corrected chi connectivity index (χ4v) is 0.914. The van der Waals surface area contributed by atoms with Crippen molar-refractivity contribution < 1.29 is 21.8 Å². The molecule has 76 valence electrons. The van der Waals surface area contributed by atoms with Gasteiger partial charge >= 0.3 is 15.4 Å². The van der Waals surface area contributed by atoms with Crippen LogP contribution in [0.1, 0.15) is 26.2 Å². The molecular formula is C5H13F2NO3S. The van der Waals surface area contributed by atoms with Crippen LogP contribution in [0.15, 0.2) is 0 Å². The SMILES string of the molecule is CCCCC(F)(F)S(=O)(=O)O.N. The molecule has 0 amide bonds. The van der Waals surface area contributed by atoms with E-state index in [1.807, 2.05) is 0 Å². The largest absolute Gasteiger partial charge is 0.370 e. The molecule has 0 aromatic carbocycles. The molecule has 0 rings (SSSR count). The first kappa shape index (κ1) is 14.3. The zero-order valence-electron chi connectivity index (χ0n) is 6.76. The molecule has 0 heterocycles. The molecule has 4 nitrogen and oxygen atoms in total. The van der Waals surface area contributed by atoms with E-state index in [4.69, 9.17) is 4.55 Å². The van der Waals surface area contributed by atoms with Crippen molar-refractivity contribution >= 4 is 10.1 Å². The van der Waals surface area contributed by atoms with Crippen molar-refractivity contribution in [1.29, 1.82) is 0 Å². The Morgan fingerprint density at radius 1 is 1.42 bits per heavy atom. The van der Waals surface area contributed by atoms with Gasteiger partial charge in [-0.25, -0.2) is 0 Å². The predicted molar refractivity (Wildman–Crippen MR) is 41.0 cm³/mol. The minimum absolute atomic E-state index is 0. The number of alkyl halides is 2. The molecule has 0 aliphatic heterocycles. The number of halogens is 2. The van der Waals surface area contributed by atoms with E-state index in [0.29, 0.717) is 6.42 Å². The van der Waals surface area contributed by atoms with Crippen LogP contribution in [0.3, 0.4) is 0 Å². The maximum atomic E-state index is 12.3. The summed E-state index contributed by atoms with van der Waals surface area (Å²) in [4.78, 5) is 0. The molecule has 0 radical (unpaired) electrons. The molecule has 4 N–H and O–H groups in total. The van der Waals surface area contributed by atoms with Crippen LogP contribution < -0.4 is 6.15 Å². The highest BCUT2D eigenvalue weighted by Gasteiger charge is 2.42. The Morgan fingerprint density at radius 2 is 1.83 bits per heavy atom. The number of unbranched alkanes of at least 4 members (excludes halogenated alkanes) is 1. The Hall–Kier alpha value is -0.270. The first-order valence-electron chi connectivity index (χ1n) is 3.16. The molecule has 0 aromatic heterocycles. The van der Waals surface area contributed by atoms with E-state index < -0.39 is 21.8 Å². The third-order valence-corrected chi connectivity index (χ3v) is 2.16. The van der Waals surface area contributed by atoms with Gasteiger partial charge in [0.1, 0.15) is 0 Å². The lowest BCUT2D eigenvalue weighted by Crippen LogP contribution is -2.27. The van der Waals surface area contributed by atoms with Crippen LogP contribution in [0.4, 0.5) is 8.78 Å². The first-order valence-corrected chi connectivity index (χ1v) is 4.60. The fourth-order valence-electron chi connectivity index (χ4n) is 0.512. The molecule has 0 fully saturated rings. The van der Waals surface area contributed by atoms with Gasteiger partial charge in [0.25, 0.3) is 0 Å². The number of hydrogen-bond donors (Lipinski definition) is 2. The molecular weight excluding hydrogens is 192 g/mol. The van der Waals surface area contributed by atoms with E-state index in [2.05, 4.69) is 0 Å². The predicted octanol–water partition coefficient (Wildman–Crippen LogP) is 1.82. The molecule has 0 bridgehead atoms. The van der Waals surface area contributed by atoms with Gasteiger partial charge in [0.15, 0.2) is 0 Å². The summed E-state index contributed by atoms with van der Waals surface area (Å²) < 4.78 is 52.5. The average molecular weight is 205 g/mol. The molecule has 0 aliphatic carbocycles. The van der Waals surface area contributed by atoms with Crippen molar-refractivity contribution in [2.24, 2.45) is 0 Å². The molecule has 12 heavy (non-hydrogen) atoms. The highest BCUT2D eigenvalue weighted by molar-refractivity contribution is 7.86. The van der Waals surface area contributed by atoms with Crippen molar-refractivity contribution in [3.63, 3.8) is 0 Å². The minimum atomic E-state index is -5.21. The Kier molecular flexibility index (Phi) is 5.57. The van der Waals surface area contributed by atoms with Gasteiger partial charge in [0, 0.05) is 6.42 Å². The molecule has 0 aliphatic rings. The summed E-state index contributed by atoms with van der Waals surface area (Å²) in [5.74, 6) is 0. The molecule has 0 unspecified atom stereocenters. The Balaban J connectivity index is 0. The Labute approximate surface area is 70.3 Å². The van der Waals surface area contributed by atoms with Crippen LogP contribution in [0, 0.1) is 0 Å². The summed E-state index contributed by atoms with van der Waals surface area (Å²) in [7, 11) is -5.21. The van der Waals surface area contributed by atoms with E-state index in [9.17, 15) is 17.2 Å². The van der Waals surface area contributed by atoms with E-state index in [-0.39, 0.29) is 12.6 Å². The monoisotopic (exact) mass is 205 g/mol. The topological polar surface area (TPSA) is 89.4 Å². The second-order valence-electron chi connectivity index (χ2n) is 2.22. The molecule has 0 saturated heterocycles. The van der Waals surface area contributed by atoms with Crippen molar-refractivity contribution in [2.45, 2.75) is 31.4 Å². The normalized spacial score (nSPS) is 12.3. The molecule has 0 spiro atoms. The lowest BCUT2D eigenvalue weighted by Gasteiger charge is -2.10.